The van der Waals surface area contributed by atoms with Gasteiger partial charge in [0, 0.05) is 17.1 Å². The molecule has 0 fully saturated rings. The van der Waals surface area contributed by atoms with E-state index >= 15 is 0 Å². The minimum Gasteiger partial charge on any atom is -0.309 e. The molecule has 1 aromatic heterocycles. The van der Waals surface area contributed by atoms with Crippen LogP contribution in [0.3, 0.4) is 0 Å². The molecule has 0 aromatic carbocycles. The molecule has 1 rings (SSSR count). The van der Waals surface area contributed by atoms with Gasteiger partial charge in [0.25, 0.3) is 0 Å². The fraction of sp³-hybridized carbons (Fsp3) is 0.500. The predicted octanol–water partition coefficient (Wildman–Crippen LogP) is 3.69. The van der Waals surface area contributed by atoms with E-state index in [0.717, 1.165) is 42.4 Å². The van der Waals surface area contributed by atoms with E-state index in [0.29, 0.717) is 6.04 Å². The number of nitrogens with zero attached hydrogens (tertiary/aromatic N) is 1. The Morgan fingerprint density at radius 2 is 2.41 bits per heavy atom. The fourth-order valence-corrected chi connectivity index (χ4v) is 2.25. The van der Waals surface area contributed by atoms with Gasteiger partial charge in [-0.1, -0.05) is 6.92 Å². The van der Waals surface area contributed by atoms with E-state index in [2.05, 4.69) is 39.1 Å². The largest absolute Gasteiger partial charge is 0.309 e. The van der Waals surface area contributed by atoms with Crippen molar-refractivity contribution in [1.29, 1.82) is 0 Å². The molecule has 1 heterocycles. The average molecular weight is 295 g/mol. The molecule has 0 aliphatic rings. The predicted molar refractivity (Wildman–Crippen MR) is 75.7 cm³/mol. The van der Waals surface area contributed by atoms with Crippen LogP contribution in [0.1, 0.15) is 44.3 Å². The van der Waals surface area contributed by atoms with Crippen LogP contribution in [0.2, 0.25) is 0 Å². The maximum atomic E-state index is 5.29. The van der Waals surface area contributed by atoms with Crippen LogP contribution in [0, 0.1) is 12.3 Å². The van der Waals surface area contributed by atoms with Crippen molar-refractivity contribution in [3.63, 3.8) is 0 Å². The van der Waals surface area contributed by atoms with Gasteiger partial charge >= 0.3 is 0 Å². The Balaban J connectivity index is 2.68. The molecule has 0 saturated carbocycles. The monoisotopic (exact) mass is 294 g/mol. The van der Waals surface area contributed by atoms with E-state index in [1.54, 1.807) is 0 Å². The van der Waals surface area contributed by atoms with Crippen molar-refractivity contribution in [2.24, 2.45) is 0 Å². The molecule has 0 spiro atoms. The van der Waals surface area contributed by atoms with Crippen molar-refractivity contribution in [2.45, 2.75) is 38.6 Å². The van der Waals surface area contributed by atoms with Crippen LogP contribution < -0.4 is 5.32 Å². The zero-order valence-electron chi connectivity index (χ0n) is 10.2. The summed E-state index contributed by atoms with van der Waals surface area (Å²) in [7, 11) is 0. The first-order valence-corrected chi connectivity index (χ1v) is 6.86. The number of halogens is 1. The Labute approximate surface area is 112 Å². The molecule has 0 radical (unpaired) electrons. The quantitative estimate of drug-likeness (QED) is 0.613. The first-order valence-electron chi connectivity index (χ1n) is 6.06. The smallest absolute Gasteiger partial charge is 0.0714 e. The Morgan fingerprint density at radius 3 is 3.06 bits per heavy atom. The maximum Gasteiger partial charge on any atom is 0.0714 e. The summed E-state index contributed by atoms with van der Waals surface area (Å²) in [4.78, 5) is 4.45. The first kappa shape index (κ1) is 14.2. The van der Waals surface area contributed by atoms with Crippen molar-refractivity contribution in [3.8, 4) is 12.3 Å². The van der Waals surface area contributed by atoms with Crippen LogP contribution in [0.5, 0.6) is 0 Å². The van der Waals surface area contributed by atoms with Crippen molar-refractivity contribution in [3.05, 3.63) is 28.5 Å². The minimum absolute atomic E-state index is 0.291. The molecule has 0 saturated heterocycles. The number of unbranched alkanes of at least 4 members (excludes halogenated alkanes) is 1. The van der Waals surface area contributed by atoms with Crippen LogP contribution in [0.25, 0.3) is 0 Å². The van der Waals surface area contributed by atoms with E-state index in [1.807, 2.05) is 18.3 Å². The first-order chi connectivity index (χ1) is 8.29. The molecular weight excluding hydrogens is 276 g/mol. The SMILES string of the molecule is C#CCCCC(NCCC)c1ncccc1Br. The summed E-state index contributed by atoms with van der Waals surface area (Å²) < 4.78 is 1.06. The van der Waals surface area contributed by atoms with Crippen molar-refractivity contribution in [2.75, 3.05) is 6.54 Å². The van der Waals surface area contributed by atoms with Crippen LogP contribution in [-0.2, 0) is 0 Å². The van der Waals surface area contributed by atoms with Gasteiger partial charge in [-0.3, -0.25) is 4.98 Å². The average Bonchev–Trinajstić information content (AvgIpc) is 2.35. The number of pyridine rings is 1. The van der Waals surface area contributed by atoms with Crippen LogP contribution in [-0.4, -0.2) is 11.5 Å². The summed E-state index contributed by atoms with van der Waals surface area (Å²) in [5, 5.41) is 3.52. The molecule has 1 atom stereocenters. The summed E-state index contributed by atoms with van der Waals surface area (Å²) >= 11 is 3.55. The molecule has 0 aliphatic carbocycles. The van der Waals surface area contributed by atoms with Crippen molar-refractivity contribution in [1.82, 2.24) is 10.3 Å². The second kappa shape index (κ2) is 8.27. The van der Waals surface area contributed by atoms with E-state index in [1.165, 1.54) is 0 Å². The zero-order valence-corrected chi connectivity index (χ0v) is 11.8. The summed E-state index contributed by atoms with van der Waals surface area (Å²) in [6.45, 7) is 3.17. The van der Waals surface area contributed by atoms with Crippen molar-refractivity contribution >= 4 is 15.9 Å². The lowest BCUT2D eigenvalue weighted by atomic mass is 10.1. The second-order valence-electron chi connectivity index (χ2n) is 3.97. The van der Waals surface area contributed by atoms with E-state index in [-0.39, 0.29) is 0 Å². The molecule has 2 nitrogen and oxygen atoms in total. The third kappa shape index (κ3) is 4.89. The van der Waals surface area contributed by atoms with Gasteiger partial charge in [0.1, 0.15) is 0 Å². The molecule has 0 amide bonds. The lowest BCUT2D eigenvalue weighted by Gasteiger charge is -2.18. The number of terminal acetylenes is 1. The van der Waals surface area contributed by atoms with E-state index in [4.69, 9.17) is 6.42 Å². The van der Waals surface area contributed by atoms with Crippen LogP contribution in [0.4, 0.5) is 0 Å². The highest BCUT2D eigenvalue weighted by Crippen LogP contribution is 2.24. The molecule has 17 heavy (non-hydrogen) atoms. The standard InChI is InChI=1S/C14H19BrN2/c1-3-5-6-9-13(16-10-4-2)14-12(15)8-7-11-17-14/h1,7-8,11,13,16H,4-6,9-10H2,2H3. The third-order valence-electron chi connectivity index (χ3n) is 2.57. The summed E-state index contributed by atoms with van der Waals surface area (Å²) in [5.41, 5.74) is 1.08. The molecule has 1 N–H and O–H groups in total. The van der Waals surface area contributed by atoms with Gasteiger partial charge < -0.3 is 5.32 Å². The molecular formula is C14H19BrN2. The van der Waals surface area contributed by atoms with Crippen molar-refractivity contribution < 1.29 is 0 Å². The number of aromatic nitrogens is 1. The second-order valence-corrected chi connectivity index (χ2v) is 4.83. The van der Waals surface area contributed by atoms with Gasteiger partial charge in [-0.05, 0) is 53.9 Å². The van der Waals surface area contributed by atoms with Gasteiger partial charge in [0.15, 0.2) is 0 Å². The summed E-state index contributed by atoms with van der Waals surface area (Å²) in [6, 6.07) is 4.26. The molecule has 1 aromatic rings. The normalized spacial score (nSPS) is 12.1. The van der Waals surface area contributed by atoms with Gasteiger partial charge in [-0.15, -0.1) is 12.3 Å². The molecule has 3 heteroatoms. The third-order valence-corrected chi connectivity index (χ3v) is 3.24. The van der Waals surface area contributed by atoms with E-state index < -0.39 is 0 Å². The highest BCUT2D eigenvalue weighted by atomic mass is 79.9. The van der Waals surface area contributed by atoms with E-state index in [9.17, 15) is 0 Å². The van der Waals surface area contributed by atoms with Gasteiger partial charge in [0.2, 0.25) is 0 Å². The molecule has 0 aliphatic heterocycles. The fourth-order valence-electron chi connectivity index (χ4n) is 1.72. The molecule has 0 bridgehead atoms. The molecule has 1 unspecified atom stereocenters. The lowest BCUT2D eigenvalue weighted by Crippen LogP contribution is -2.23. The topological polar surface area (TPSA) is 24.9 Å². The van der Waals surface area contributed by atoms with Gasteiger partial charge in [-0.2, -0.15) is 0 Å². The Morgan fingerprint density at radius 1 is 1.59 bits per heavy atom. The number of nitrogens with one attached hydrogen (secondary N) is 1. The number of hydrogen-bond donors (Lipinski definition) is 1. The zero-order chi connectivity index (χ0) is 12.5. The maximum absolute atomic E-state index is 5.29. The summed E-state index contributed by atoms with van der Waals surface area (Å²) in [5.74, 6) is 2.69. The summed E-state index contributed by atoms with van der Waals surface area (Å²) in [6.07, 6.45) is 11.1. The highest BCUT2D eigenvalue weighted by Gasteiger charge is 2.14. The van der Waals surface area contributed by atoms with Crippen LogP contribution >= 0.6 is 15.9 Å². The lowest BCUT2D eigenvalue weighted by molar-refractivity contribution is 0.476. The molecule has 92 valence electrons. The minimum atomic E-state index is 0.291. The number of hydrogen-bond acceptors (Lipinski definition) is 2. The highest BCUT2D eigenvalue weighted by molar-refractivity contribution is 9.10. The Hall–Kier alpha value is -0.850. The van der Waals surface area contributed by atoms with Crippen LogP contribution in [0.15, 0.2) is 22.8 Å². The van der Waals surface area contributed by atoms with Gasteiger partial charge in [0.05, 0.1) is 11.7 Å². The Bertz CT molecular complexity index is 371. The van der Waals surface area contributed by atoms with Gasteiger partial charge in [-0.25, -0.2) is 0 Å². The number of rotatable bonds is 7. The Kier molecular flexibility index (Phi) is 6.91.